The van der Waals surface area contributed by atoms with E-state index in [-0.39, 0.29) is 0 Å². The molecule has 0 bridgehead atoms. The first-order valence-corrected chi connectivity index (χ1v) is 26.0. The van der Waals surface area contributed by atoms with E-state index in [4.69, 9.17) is 0 Å². The molecular formula is C60H62F6N12. The fourth-order valence-electron chi connectivity index (χ4n) is 10.3. The minimum absolute atomic E-state index is 0.400. The Kier molecular flexibility index (Phi) is 17.5. The molecule has 18 heteroatoms. The molecule has 0 unspecified atom stereocenters. The first-order valence-electron chi connectivity index (χ1n) is 26.0. The van der Waals surface area contributed by atoms with Crippen molar-refractivity contribution in [1.82, 2.24) is 60.0 Å². The molecule has 2 atom stereocenters. The van der Waals surface area contributed by atoms with Crippen LogP contribution in [0.25, 0.3) is 23.5 Å². The van der Waals surface area contributed by atoms with Crippen molar-refractivity contribution in [3.05, 3.63) is 225 Å². The number of para-hydroxylation sites is 2. The minimum Gasteiger partial charge on any atom is -0.297 e. The highest BCUT2D eigenvalue weighted by atomic mass is 19.4. The molecule has 0 saturated carbocycles. The van der Waals surface area contributed by atoms with Crippen LogP contribution in [0, 0.1) is 27.7 Å². The van der Waals surface area contributed by atoms with Crippen molar-refractivity contribution >= 4 is 12.2 Å². The van der Waals surface area contributed by atoms with E-state index in [0.29, 0.717) is 11.6 Å². The molecule has 4 heterocycles. The van der Waals surface area contributed by atoms with Crippen molar-refractivity contribution in [3.8, 4) is 11.4 Å². The van der Waals surface area contributed by atoms with Crippen LogP contribution in [0.1, 0.15) is 79.4 Å². The molecule has 8 aromatic rings. The number of nitrogens with zero attached hydrogens (tertiary/aromatic N) is 12. The van der Waals surface area contributed by atoms with E-state index >= 15 is 0 Å². The quantitative estimate of drug-likeness (QED) is 0.0979. The van der Waals surface area contributed by atoms with Crippen LogP contribution in [0.5, 0.6) is 0 Å². The lowest BCUT2D eigenvalue weighted by molar-refractivity contribution is -0.138. The number of rotatable bonds is 14. The average molecular weight is 1070 g/mol. The van der Waals surface area contributed by atoms with E-state index in [0.717, 1.165) is 146 Å². The lowest BCUT2D eigenvalue weighted by Crippen LogP contribution is -2.48. The third-order valence-electron chi connectivity index (χ3n) is 14.4. The SMILES string of the molecule is Cc1cccc(C)c1-n1nnnc1[C@@H](c1ccc(C(F)(F)F)cc1)N1CCN(C/C=C/c2ccccc2)CC1.Cc1cccc(C)c1-n1nnnc1[C@H](c1ccc(C(F)(F)F)cc1)N1CCN(C/C=C/c2ccccc2)CC1. The van der Waals surface area contributed by atoms with Crippen molar-refractivity contribution in [3.63, 3.8) is 0 Å². The standard InChI is InChI=1S/2C30H31F3N6/c2*1-22-8-6-9-23(2)27(22)39-29(34-35-36-39)28(25-13-15-26(16-14-25)30(31,32)33)38-20-18-37(19-21-38)17-7-12-24-10-4-3-5-11-24/h2*3-16,28H,17-21H2,1-2H3/b2*12-7+/t2*28-/m10/s1. The molecule has 78 heavy (non-hydrogen) atoms. The Morgan fingerprint density at radius 1 is 0.423 bits per heavy atom. The van der Waals surface area contributed by atoms with Crippen LogP contribution in [0.4, 0.5) is 26.3 Å². The van der Waals surface area contributed by atoms with Crippen molar-refractivity contribution in [2.24, 2.45) is 0 Å². The molecule has 2 saturated heterocycles. The van der Waals surface area contributed by atoms with Gasteiger partial charge in [-0.15, -0.1) is 10.2 Å². The molecule has 0 radical (unpaired) electrons. The molecule has 0 aliphatic carbocycles. The fourth-order valence-corrected chi connectivity index (χ4v) is 10.3. The highest BCUT2D eigenvalue weighted by Gasteiger charge is 2.36. The van der Waals surface area contributed by atoms with Gasteiger partial charge in [0, 0.05) is 65.4 Å². The van der Waals surface area contributed by atoms with Crippen LogP contribution in [0.15, 0.2) is 158 Å². The maximum atomic E-state index is 13.3. The number of halogens is 6. The monoisotopic (exact) mass is 1060 g/mol. The van der Waals surface area contributed by atoms with E-state index in [1.165, 1.54) is 0 Å². The smallest absolute Gasteiger partial charge is 0.297 e. The molecule has 404 valence electrons. The van der Waals surface area contributed by atoms with E-state index < -0.39 is 35.6 Å². The van der Waals surface area contributed by atoms with Gasteiger partial charge in [0.1, 0.15) is 0 Å². The number of aryl methyl sites for hydroxylation is 4. The average Bonchev–Trinajstić information content (AvgIpc) is 4.28. The van der Waals surface area contributed by atoms with Crippen molar-refractivity contribution in [2.45, 2.75) is 52.1 Å². The van der Waals surface area contributed by atoms with Crippen molar-refractivity contribution in [1.29, 1.82) is 0 Å². The van der Waals surface area contributed by atoms with E-state index in [1.54, 1.807) is 33.6 Å². The summed E-state index contributed by atoms with van der Waals surface area (Å²) < 4.78 is 83.4. The van der Waals surface area contributed by atoms with Gasteiger partial charge < -0.3 is 0 Å². The summed E-state index contributed by atoms with van der Waals surface area (Å²) in [6.07, 6.45) is -0.217. The molecule has 2 fully saturated rings. The molecule has 6 aromatic carbocycles. The summed E-state index contributed by atoms with van der Waals surface area (Å²) in [6.45, 7) is 15.9. The van der Waals surface area contributed by atoms with Crippen LogP contribution in [0.2, 0.25) is 0 Å². The third-order valence-corrected chi connectivity index (χ3v) is 14.4. The summed E-state index contributed by atoms with van der Waals surface area (Å²) in [5, 5.41) is 25.5. The predicted octanol–water partition coefficient (Wildman–Crippen LogP) is 11.4. The van der Waals surface area contributed by atoms with Crippen LogP contribution in [-0.2, 0) is 12.4 Å². The number of aromatic nitrogens is 8. The van der Waals surface area contributed by atoms with Gasteiger partial charge >= 0.3 is 12.4 Å². The van der Waals surface area contributed by atoms with Crippen LogP contribution in [0.3, 0.4) is 0 Å². The summed E-state index contributed by atoms with van der Waals surface area (Å²) in [5.41, 5.74) is 8.28. The fraction of sp³-hybridized carbons (Fsp3) is 0.300. The Hall–Kier alpha value is -7.64. The molecule has 12 nitrogen and oxygen atoms in total. The van der Waals surface area contributed by atoms with E-state index in [2.05, 4.69) is 99.2 Å². The normalized spacial score (nSPS) is 16.1. The Balaban J connectivity index is 0.000000190. The molecular weight excluding hydrogens is 1000 g/mol. The first-order chi connectivity index (χ1) is 37.6. The molecule has 10 rings (SSSR count). The topological polar surface area (TPSA) is 100 Å². The number of hydrogen-bond donors (Lipinski definition) is 0. The number of tetrazole rings is 2. The third kappa shape index (κ3) is 13.4. The van der Waals surface area contributed by atoms with E-state index in [9.17, 15) is 26.3 Å². The van der Waals surface area contributed by atoms with Gasteiger partial charge in [-0.05, 0) is 117 Å². The highest BCUT2D eigenvalue weighted by Crippen LogP contribution is 2.36. The molecule has 2 aliphatic rings. The van der Waals surface area contributed by atoms with Crippen molar-refractivity contribution < 1.29 is 26.3 Å². The zero-order valence-electron chi connectivity index (χ0n) is 44.0. The van der Waals surface area contributed by atoms with Gasteiger partial charge in [-0.3, -0.25) is 19.6 Å². The number of piperazine rings is 2. The summed E-state index contributed by atoms with van der Waals surface area (Å²) in [6, 6.07) is 42.3. The number of alkyl halides is 6. The minimum atomic E-state index is -4.40. The molecule has 0 amide bonds. The van der Waals surface area contributed by atoms with Gasteiger partial charge in [-0.2, -0.15) is 35.7 Å². The molecule has 2 aliphatic heterocycles. The summed E-state index contributed by atoms with van der Waals surface area (Å²) in [7, 11) is 0. The van der Waals surface area contributed by atoms with Crippen LogP contribution in [-0.4, -0.2) is 125 Å². The van der Waals surface area contributed by atoms with Gasteiger partial charge in [0.2, 0.25) is 0 Å². The van der Waals surface area contributed by atoms with Gasteiger partial charge in [0.05, 0.1) is 34.6 Å². The van der Waals surface area contributed by atoms with Crippen LogP contribution >= 0.6 is 0 Å². The first kappa shape index (κ1) is 55.1. The largest absolute Gasteiger partial charge is 0.416 e. The highest BCUT2D eigenvalue weighted by molar-refractivity contribution is 5.51. The van der Waals surface area contributed by atoms with Crippen molar-refractivity contribution in [2.75, 3.05) is 65.4 Å². The van der Waals surface area contributed by atoms with E-state index in [1.807, 2.05) is 100 Å². The Morgan fingerprint density at radius 2 is 0.756 bits per heavy atom. The number of benzene rings is 6. The second-order valence-corrected chi connectivity index (χ2v) is 19.7. The lowest BCUT2D eigenvalue weighted by atomic mass is 10.0. The second-order valence-electron chi connectivity index (χ2n) is 19.7. The summed E-state index contributed by atoms with van der Waals surface area (Å²) in [4.78, 5) is 9.26. The lowest BCUT2D eigenvalue weighted by Gasteiger charge is -2.38. The molecule has 2 aromatic heterocycles. The Bertz CT molecular complexity index is 2990. The van der Waals surface area contributed by atoms with Crippen LogP contribution < -0.4 is 0 Å². The summed E-state index contributed by atoms with van der Waals surface area (Å²) >= 11 is 0. The van der Waals surface area contributed by atoms with Gasteiger partial charge in [-0.25, -0.2) is 0 Å². The second kappa shape index (κ2) is 24.8. The molecule has 0 N–H and O–H groups in total. The summed E-state index contributed by atoms with van der Waals surface area (Å²) in [5.74, 6) is 1.18. The Morgan fingerprint density at radius 3 is 1.08 bits per heavy atom. The number of hydrogen-bond acceptors (Lipinski definition) is 10. The van der Waals surface area contributed by atoms with Gasteiger partial charge in [-0.1, -0.05) is 146 Å². The zero-order valence-corrected chi connectivity index (χ0v) is 44.0. The van der Waals surface area contributed by atoms with Gasteiger partial charge in [0.15, 0.2) is 11.6 Å². The maximum Gasteiger partial charge on any atom is 0.416 e. The Labute approximate surface area is 450 Å². The maximum absolute atomic E-state index is 13.3. The predicted molar refractivity (Wildman–Crippen MR) is 291 cm³/mol. The zero-order chi connectivity index (χ0) is 54.8. The molecule has 0 spiro atoms. The van der Waals surface area contributed by atoms with Gasteiger partial charge in [0.25, 0.3) is 0 Å².